The lowest BCUT2D eigenvalue weighted by atomic mass is 10.0. The molecule has 1 atom stereocenters. The number of rotatable bonds is 2. The molecule has 0 fully saturated rings. The highest BCUT2D eigenvalue weighted by Crippen LogP contribution is 2.25. The minimum atomic E-state index is -0.759. The first kappa shape index (κ1) is 11.4. The van der Waals surface area contributed by atoms with E-state index < -0.39 is 6.10 Å². The third-order valence-corrected chi connectivity index (χ3v) is 2.65. The minimum absolute atomic E-state index is 0.499. The number of hydrogen-bond acceptors (Lipinski definition) is 2. The Morgan fingerprint density at radius 3 is 2.44 bits per heavy atom. The van der Waals surface area contributed by atoms with Gasteiger partial charge >= 0.3 is 0 Å². The van der Waals surface area contributed by atoms with Crippen molar-refractivity contribution in [3.8, 4) is 0 Å². The fourth-order valence-corrected chi connectivity index (χ4v) is 1.83. The van der Waals surface area contributed by atoms with Gasteiger partial charge in [0.2, 0.25) is 0 Å². The maximum Gasteiger partial charge on any atom is 0.106 e. The van der Waals surface area contributed by atoms with E-state index in [1.165, 1.54) is 6.20 Å². The molecule has 16 heavy (non-hydrogen) atoms. The summed E-state index contributed by atoms with van der Waals surface area (Å²) >= 11 is 11.7. The van der Waals surface area contributed by atoms with Crippen molar-refractivity contribution < 1.29 is 5.11 Å². The molecule has 0 spiro atoms. The van der Waals surface area contributed by atoms with E-state index in [2.05, 4.69) is 4.98 Å². The van der Waals surface area contributed by atoms with Gasteiger partial charge in [0.1, 0.15) is 6.10 Å². The van der Waals surface area contributed by atoms with E-state index in [4.69, 9.17) is 23.2 Å². The van der Waals surface area contributed by atoms with E-state index in [0.29, 0.717) is 15.6 Å². The maximum atomic E-state index is 10.1. The summed E-state index contributed by atoms with van der Waals surface area (Å²) in [5, 5.41) is 11.2. The van der Waals surface area contributed by atoms with Crippen LogP contribution >= 0.6 is 23.2 Å². The van der Waals surface area contributed by atoms with Crippen molar-refractivity contribution in [1.82, 2.24) is 4.98 Å². The zero-order valence-corrected chi connectivity index (χ0v) is 9.78. The monoisotopic (exact) mass is 253 g/mol. The summed E-state index contributed by atoms with van der Waals surface area (Å²) in [6.45, 7) is 0. The van der Waals surface area contributed by atoms with Crippen LogP contribution in [0.2, 0.25) is 10.0 Å². The number of aromatic nitrogens is 1. The SMILES string of the molecule is OC(c1cccc(Cl)c1)c1cncc(Cl)c1. The Morgan fingerprint density at radius 2 is 1.75 bits per heavy atom. The Hall–Kier alpha value is -1.09. The highest BCUT2D eigenvalue weighted by Gasteiger charge is 2.11. The van der Waals surface area contributed by atoms with Crippen LogP contribution in [0, 0.1) is 0 Å². The number of pyridine rings is 1. The van der Waals surface area contributed by atoms with Crippen molar-refractivity contribution in [1.29, 1.82) is 0 Å². The average Bonchev–Trinajstić information content (AvgIpc) is 2.28. The summed E-state index contributed by atoms with van der Waals surface area (Å²) in [6.07, 6.45) is 2.35. The Bertz CT molecular complexity index is 456. The second kappa shape index (κ2) is 4.83. The molecular weight excluding hydrogens is 245 g/mol. The zero-order valence-electron chi connectivity index (χ0n) is 8.27. The van der Waals surface area contributed by atoms with Crippen LogP contribution in [0.25, 0.3) is 0 Å². The van der Waals surface area contributed by atoms with Gasteiger partial charge in [0.25, 0.3) is 0 Å². The molecule has 0 bridgehead atoms. The normalized spacial score (nSPS) is 12.4. The quantitative estimate of drug-likeness (QED) is 0.890. The van der Waals surface area contributed by atoms with E-state index in [1.807, 2.05) is 0 Å². The predicted molar refractivity (Wildman–Crippen MR) is 64.8 cm³/mol. The van der Waals surface area contributed by atoms with Crippen LogP contribution in [-0.2, 0) is 0 Å². The highest BCUT2D eigenvalue weighted by atomic mass is 35.5. The molecule has 4 heteroatoms. The van der Waals surface area contributed by atoms with Crippen molar-refractivity contribution in [2.24, 2.45) is 0 Å². The molecule has 1 aromatic carbocycles. The lowest BCUT2D eigenvalue weighted by Gasteiger charge is -2.11. The molecule has 0 aliphatic heterocycles. The molecule has 0 saturated carbocycles. The van der Waals surface area contributed by atoms with Crippen LogP contribution in [0.1, 0.15) is 17.2 Å². The van der Waals surface area contributed by atoms with Crippen molar-refractivity contribution >= 4 is 23.2 Å². The molecule has 2 aromatic rings. The number of aliphatic hydroxyl groups excluding tert-OH is 1. The van der Waals surface area contributed by atoms with Crippen LogP contribution in [0.4, 0.5) is 0 Å². The van der Waals surface area contributed by atoms with Gasteiger partial charge in [-0.1, -0.05) is 35.3 Å². The second-order valence-corrected chi connectivity index (χ2v) is 4.27. The Labute approximate surface area is 103 Å². The first-order valence-electron chi connectivity index (χ1n) is 4.71. The van der Waals surface area contributed by atoms with Gasteiger partial charge in [-0.3, -0.25) is 4.98 Å². The molecule has 0 amide bonds. The van der Waals surface area contributed by atoms with Gasteiger partial charge in [0.05, 0.1) is 5.02 Å². The largest absolute Gasteiger partial charge is 0.384 e. The number of hydrogen-bond donors (Lipinski definition) is 1. The van der Waals surface area contributed by atoms with Gasteiger partial charge in [0.15, 0.2) is 0 Å². The van der Waals surface area contributed by atoms with Gasteiger partial charge in [-0.25, -0.2) is 0 Å². The summed E-state index contributed by atoms with van der Waals surface area (Å²) < 4.78 is 0. The third kappa shape index (κ3) is 2.53. The van der Waals surface area contributed by atoms with Gasteiger partial charge < -0.3 is 5.11 Å². The number of halogens is 2. The molecule has 0 aliphatic rings. The molecular formula is C12H9Cl2NO. The summed E-state index contributed by atoms with van der Waals surface area (Å²) in [5.41, 5.74) is 1.37. The molecule has 2 nitrogen and oxygen atoms in total. The Kier molecular flexibility index (Phi) is 3.44. The predicted octanol–water partition coefficient (Wildman–Crippen LogP) is 3.47. The standard InChI is InChI=1S/C12H9Cl2NO/c13-10-3-1-2-8(4-10)12(16)9-5-11(14)7-15-6-9/h1-7,12,16H. The van der Waals surface area contributed by atoms with Crippen LogP contribution in [0.5, 0.6) is 0 Å². The minimum Gasteiger partial charge on any atom is -0.384 e. The van der Waals surface area contributed by atoms with Gasteiger partial charge in [-0.05, 0) is 23.8 Å². The Morgan fingerprint density at radius 1 is 1.00 bits per heavy atom. The highest BCUT2D eigenvalue weighted by molar-refractivity contribution is 6.30. The van der Waals surface area contributed by atoms with Crippen LogP contribution in [0.15, 0.2) is 42.7 Å². The Balaban J connectivity index is 2.35. The summed E-state index contributed by atoms with van der Waals surface area (Å²) in [6, 6.07) is 8.75. The average molecular weight is 254 g/mol. The summed E-state index contributed by atoms with van der Waals surface area (Å²) in [4.78, 5) is 3.93. The van der Waals surface area contributed by atoms with Gasteiger partial charge in [-0.2, -0.15) is 0 Å². The molecule has 1 heterocycles. The lowest BCUT2D eigenvalue weighted by molar-refractivity contribution is 0.220. The number of nitrogens with zero attached hydrogens (tertiary/aromatic N) is 1. The second-order valence-electron chi connectivity index (χ2n) is 3.39. The van der Waals surface area contributed by atoms with E-state index in [-0.39, 0.29) is 0 Å². The van der Waals surface area contributed by atoms with E-state index in [9.17, 15) is 5.11 Å². The van der Waals surface area contributed by atoms with Crippen molar-refractivity contribution in [3.63, 3.8) is 0 Å². The van der Waals surface area contributed by atoms with Crippen molar-refractivity contribution in [2.45, 2.75) is 6.10 Å². The fraction of sp³-hybridized carbons (Fsp3) is 0.0833. The van der Waals surface area contributed by atoms with Crippen LogP contribution < -0.4 is 0 Å². The number of aliphatic hydroxyl groups is 1. The van der Waals surface area contributed by atoms with E-state index >= 15 is 0 Å². The molecule has 0 radical (unpaired) electrons. The lowest BCUT2D eigenvalue weighted by Crippen LogP contribution is -1.99. The maximum absolute atomic E-state index is 10.1. The third-order valence-electron chi connectivity index (χ3n) is 2.21. The summed E-state index contributed by atoms with van der Waals surface area (Å²) in [7, 11) is 0. The molecule has 1 aromatic heterocycles. The van der Waals surface area contributed by atoms with Gasteiger partial charge in [-0.15, -0.1) is 0 Å². The van der Waals surface area contributed by atoms with Gasteiger partial charge in [0, 0.05) is 23.0 Å². The fourth-order valence-electron chi connectivity index (χ4n) is 1.45. The van der Waals surface area contributed by atoms with E-state index in [1.54, 1.807) is 36.5 Å². The molecule has 2 rings (SSSR count). The summed E-state index contributed by atoms with van der Waals surface area (Å²) in [5.74, 6) is 0. The van der Waals surface area contributed by atoms with Crippen molar-refractivity contribution in [2.75, 3.05) is 0 Å². The molecule has 1 N–H and O–H groups in total. The van der Waals surface area contributed by atoms with Crippen LogP contribution in [0.3, 0.4) is 0 Å². The molecule has 1 unspecified atom stereocenters. The van der Waals surface area contributed by atoms with Crippen LogP contribution in [-0.4, -0.2) is 10.1 Å². The molecule has 0 aliphatic carbocycles. The van der Waals surface area contributed by atoms with E-state index in [0.717, 1.165) is 5.56 Å². The first-order valence-corrected chi connectivity index (χ1v) is 5.46. The molecule has 0 saturated heterocycles. The molecule has 82 valence electrons. The smallest absolute Gasteiger partial charge is 0.106 e. The number of benzene rings is 1. The first-order chi connectivity index (χ1) is 7.66. The zero-order chi connectivity index (χ0) is 11.5. The van der Waals surface area contributed by atoms with Crippen molar-refractivity contribution in [3.05, 3.63) is 63.9 Å². The topological polar surface area (TPSA) is 33.1 Å².